The fourth-order valence-electron chi connectivity index (χ4n) is 8.27. The molecule has 7 atom stereocenters. The van der Waals surface area contributed by atoms with Gasteiger partial charge < -0.3 is 0 Å². The maximum atomic E-state index is 13.5. The van der Waals surface area contributed by atoms with Gasteiger partial charge in [0.25, 0.3) is 0 Å². The summed E-state index contributed by atoms with van der Waals surface area (Å²) in [6, 6.07) is 5.40. The van der Waals surface area contributed by atoms with Crippen molar-refractivity contribution in [3.8, 4) is 0 Å². The summed E-state index contributed by atoms with van der Waals surface area (Å²) in [7, 11) is 0. The summed E-state index contributed by atoms with van der Waals surface area (Å²) in [6.07, 6.45) is 28.6. The van der Waals surface area contributed by atoms with Crippen molar-refractivity contribution in [3.63, 3.8) is 0 Å². The highest BCUT2D eigenvalue weighted by Gasteiger charge is 2.43. The molecule has 2 fully saturated rings. The molecule has 7 unspecified atom stereocenters. The zero-order chi connectivity index (χ0) is 31.2. The van der Waals surface area contributed by atoms with E-state index >= 15 is 0 Å². The van der Waals surface area contributed by atoms with Gasteiger partial charge in [-0.3, -0.25) is 0 Å². The molecule has 0 saturated heterocycles. The van der Waals surface area contributed by atoms with Gasteiger partial charge in [0.2, 0.25) is 0 Å². The van der Waals surface area contributed by atoms with Crippen molar-refractivity contribution in [2.45, 2.75) is 168 Å². The van der Waals surface area contributed by atoms with E-state index in [0.717, 1.165) is 42.9 Å². The maximum absolute atomic E-state index is 13.5. The summed E-state index contributed by atoms with van der Waals surface area (Å²) in [5.74, 6) is 4.27. The summed E-state index contributed by atoms with van der Waals surface area (Å²) in [4.78, 5) is 0. The summed E-state index contributed by atoms with van der Waals surface area (Å²) in [5, 5.41) is 0. The summed E-state index contributed by atoms with van der Waals surface area (Å²) in [6.45, 7) is 14.1. The molecule has 1 aromatic rings. The van der Waals surface area contributed by atoms with E-state index in [2.05, 4.69) is 71.1 Å². The van der Waals surface area contributed by atoms with Crippen LogP contribution in [0.3, 0.4) is 0 Å². The second-order valence-corrected chi connectivity index (χ2v) is 15.4. The highest BCUT2D eigenvalue weighted by atomic mass is 19.1. The van der Waals surface area contributed by atoms with E-state index < -0.39 is 6.17 Å². The minimum atomic E-state index is -0.588. The first-order chi connectivity index (χ1) is 21.3. The second-order valence-electron chi connectivity index (χ2n) is 15.4. The number of hydrogen-bond acceptors (Lipinski definition) is 0. The Labute approximate surface area is 270 Å². The number of unbranched alkanes of at least 4 members (excludes halogenated alkanes) is 7. The number of halogens is 1. The van der Waals surface area contributed by atoms with Crippen molar-refractivity contribution in [1.29, 1.82) is 0 Å². The van der Waals surface area contributed by atoms with Crippen LogP contribution >= 0.6 is 0 Å². The SMILES string of the molecule is CCCCC/C1=C/C(C2=CC=C(C)C3CC23)=C/CC(C)c2cc(C(C)CCCCCCCCC(F)CC)c(C3CC3C)cc21. The monoisotopic (exact) mass is 598 g/mol. The van der Waals surface area contributed by atoms with Gasteiger partial charge in [0.05, 0.1) is 6.17 Å². The van der Waals surface area contributed by atoms with Gasteiger partial charge in [-0.1, -0.05) is 128 Å². The predicted octanol–water partition coefficient (Wildman–Crippen LogP) is 13.7. The Hall–Kier alpha value is -1.89. The molecule has 1 heteroatoms. The number of allylic oxidation sites excluding steroid dienone is 8. The number of alkyl halides is 1. The van der Waals surface area contributed by atoms with E-state index in [0.29, 0.717) is 18.3 Å². The summed E-state index contributed by atoms with van der Waals surface area (Å²) in [5.41, 5.74) is 12.8. The highest BCUT2D eigenvalue weighted by Crippen LogP contribution is 2.55. The zero-order valence-electron chi connectivity index (χ0n) is 29.2. The van der Waals surface area contributed by atoms with E-state index in [9.17, 15) is 4.39 Å². The Kier molecular flexibility index (Phi) is 11.9. The lowest BCUT2D eigenvalue weighted by Gasteiger charge is -2.27. The van der Waals surface area contributed by atoms with Crippen LogP contribution in [0.25, 0.3) is 5.57 Å². The molecule has 242 valence electrons. The molecule has 0 radical (unpaired) electrons. The molecule has 1 aromatic carbocycles. The van der Waals surface area contributed by atoms with E-state index in [1.54, 1.807) is 39.0 Å². The van der Waals surface area contributed by atoms with Crippen LogP contribution in [0.5, 0.6) is 0 Å². The van der Waals surface area contributed by atoms with Gasteiger partial charge in [-0.15, -0.1) is 0 Å². The number of fused-ring (bicyclic) bond motifs is 2. The lowest BCUT2D eigenvalue weighted by atomic mass is 9.78. The number of hydrogen-bond donors (Lipinski definition) is 0. The minimum Gasteiger partial charge on any atom is -0.248 e. The lowest BCUT2D eigenvalue weighted by Crippen LogP contribution is -2.09. The average Bonchev–Trinajstić information content (AvgIpc) is 3.95. The van der Waals surface area contributed by atoms with Gasteiger partial charge in [-0.25, -0.2) is 4.39 Å². The first-order valence-electron chi connectivity index (χ1n) is 18.9. The van der Waals surface area contributed by atoms with Gasteiger partial charge in [0.15, 0.2) is 0 Å². The molecule has 2 saturated carbocycles. The van der Waals surface area contributed by atoms with Crippen LogP contribution in [-0.2, 0) is 0 Å². The number of benzene rings is 1. The summed E-state index contributed by atoms with van der Waals surface area (Å²) >= 11 is 0. The van der Waals surface area contributed by atoms with Gasteiger partial charge in [-0.2, -0.15) is 0 Å². The Morgan fingerprint density at radius 3 is 2.25 bits per heavy atom. The topological polar surface area (TPSA) is 0 Å². The molecule has 0 heterocycles. The molecular formula is C43H63F. The molecule has 0 nitrogen and oxygen atoms in total. The van der Waals surface area contributed by atoms with Crippen molar-refractivity contribution < 1.29 is 4.39 Å². The van der Waals surface area contributed by atoms with Crippen LogP contribution in [0.15, 0.2) is 53.2 Å². The van der Waals surface area contributed by atoms with Crippen molar-refractivity contribution in [2.75, 3.05) is 0 Å². The van der Waals surface area contributed by atoms with Crippen molar-refractivity contribution in [3.05, 3.63) is 75.4 Å². The fraction of sp³-hybridized carbons (Fsp3) is 0.674. The van der Waals surface area contributed by atoms with E-state index in [-0.39, 0.29) is 0 Å². The first-order valence-corrected chi connectivity index (χ1v) is 18.9. The van der Waals surface area contributed by atoms with E-state index in [4.69, 9.17) is 0 Å². The average molecular weight is 599 g/mol. The quantitative estimate of drug-likeness (QED) is 0.156. The van der Waals surface area contributed by atoms with Crippen LogP contribution < -0.4 is 0 Å². The molecule has 0 N–H and O–H groups in total. The Bertz CT molecular complexity index is 1240. The highest BCUT2D eigenvalue weighted by molar-refractivity contribution is 5.75. The van der Waals surface area contributed by atoms with Gasteiger partial charge in [0.1, 0.15) is 0 Å². The fourth-order valence-corrected chi connectivity index (χ4v) is 8.27. The van der Waals surface area contributed by atoms with Gasteiger partial charge >= 0.3 is 0 Å². The first kappa shape index (κ1) is 33.5. The predicted molar refractivity (Wildman–Crippen MR) is 190 cm³/mol. The Morgan fingerprint density at radius 2 is 1.55 bits per heavy atom. The van der Waals surface area contributed by atoms with Crippen molar-refractivity contribution in [2.24, 2.45) is 17.8 Å². The zero-order valence-corrected chi connectivity index (χ0v) is 29.2. The van der Waals surface area contributed by atoms with Gasteiger partial charge in [0, 0.05) is 0 Å². The standard InChI is InChI=1S/C43H63F/c1-7-9-14-18-33-25-34(36-23-21-31(5)40-27-42(36)40)22-20-30(4)38-26-39(43(28-41(33)38)37-24-32(37)6)29(3)17-15-12-10-11-13-16-19-35(44)8-2/h21-23,25-26,28-30,32,35,37,40,42H,7-20,24,27H2,1-6H3/b33-25-,34-22-. The van der Waals surface area contributed by atoms with Crippen LogP contribution in [0.1, 0.15) is 184 Å². The molecule has 0 amide bonds. The molecule has 0 spiro atoms. The molecule has 5 rings (SSSR count). The third-order valence-electron chi connectivity index (χ3n) is 11.7. The molecule has 44 heavy (non-hydrogen) atoms. The molecular weight excluding hydrogens is 535 g/mol. The van der Waals surface area contributed by atoms with Crippen molar-refractivity contribution in [1.82, 2.24) is 0 Å². The van der Waals surface area contributed by atoms with Crippen LogP contribution in [0, 0.1) is 17.8 Å². The van der Waals surface area contributed by atoms with Crippen LogP contribution in [0.2, 0.25) is 0 Å². The van der Waals surface area contributed by atoms with Crippen molar-refractivity contribution >= 4 is 5.57 Å². The third kappa shape index (κ3) is 8.27. The number of rotatable bonds is 17. The van der Waals surface area contributed by atoms with E-state index in [1.807, 2.05) is 6.92 Å². The Balaban J connectivity index is 1.35. The molecule has 0 bridgehead atoms. The smallest absolute Gasteiger partial charge is 0.0999 e. The van der Waals surface area contributed by atoms with Gasteiger partial charge in [-0.05, 0) is 133 Å². The van der Waals surface area contributed by atoms with Crippen LogP contribution in [-0.4, -0.2) is 6.17 Å². The normalized spacial score (nSPS) is 29.5. The Morgan fingerprint density at radius 1 is 0.818 bits per heavy atom. The summed E-state index contributed by atoms with van der Waals surface area (Å²) < 4.78 is 13.5. The lowest BCUT2D eigenvalue weighted by molar-refractivity contribution is 0.296. The largest absolute Gasteiger partial charge is 0.248 e. The molecule has 0 aliphatic heterocycles. The maximum Gasteiger partial charge on any atom is 0.0999 e. The molecule has 4 aliphatic carbocycles. The molecule has 4 aliphatic rings. The second kappa shape index (κ2) is 15.6. The molecule has 0 aromatic heterocycles. The third-order valence-corrected chi connectivity index (χ3v) is 11.7. The van der Waals surface area contributed by atoms with Crippen LogP contribution in [0.4, 0.5) is 4.39 Å². The minimum absolute atomic E-state index is 0.541. The van der Waals surface area contributed by atoms with E-state index in [1.165, 1.54) is 82.6 Å².